The Labute approximate surface area is 302 Å². The molecule has 1 aromatic heterocycles. The molecule has 1 aliphatic carbocycles. The molecule has 3 aliphatic rings. The van der Waals surface area contributed by atoms with Crippen LogP contribution in [0.3, 0.4) is 0 Å². The summed E-state index contributed by atoms with van der Waals surface area (Å²) >= 11 is 2.01. The van der Waals surface area contributed by atoms with E-state index >= 15 is 0 Å². The number of amides is 2. The second kappa shape index (κ2) is 14.2. The number of methoxy groups -OCH3 is 2. The Bertz CT molecular complexity index is 1880. The van der Waals surface area contributed by atoms with Crippen LogP contribution in [-0.2, 0) is 31.4 Å². The smallest absolute Gasteiger partial charge is 0.416 e. The number of benzene rings is 2. The van der Waals surface area contributed by atoms with Gasteiger partial charge < -0.3 is 19.3 Å². The van der Waals surface area contributed by atoms with Crippen LogP contribution < -0.4 is 9.64 Å². The third-order valence-electron chi connectivity index (χ3n) is 9.44. The summed E-state index contributed by atoms with van der Waals surface area (Å²) in [4.78, 5) is 32.6. The number of imide groups is 1. The molecular formula is C36H31F6IN2O6. The highest BCUT2D eigenvalue weighted by Crippen LogP contribution is 2.51. The summed E-state index contributed by atoms with van der Waals surface area (Å²) in [6.45, 7) is 0.112. The van der Waals surface area contributed by atoms with Crippen molar-refractivity contribution in [3.8, 4) is 11.5 Å². The highest BCUT2D eigenvalue weighted by Gasteiger charge is 2.57. The number of allylic oxidation sites excluding steroid dienone is 1. The van der Waals surface area contributed by atoms with Crippen molar-refractivity contribution in [1.29, 1.82) is 0 Å². The lowest BCUT2D eigenvalue weighted by Crippen LogP contribution is -2.35. The lowest BCUT2D eigenvalue weighted by molar-refractivity contribution is -0.143. The van der Waals surface area contributed by atoms with Crippen molar-refractivity contribution in [3.05, 3.63) is 91.8 Å². The number of rotatable bonds is 9. The van der Waals surface area contributed by atoms with Crippen LogP contribution in [0.4, 0.5) is 32.0 Å². The first kappa shape index (κ1) is 36.8. The van der Waals surface area contributed by atoms with Crippen LogP contribution in [0.5, 0.6) is 11.5 Å². The van der Waals surface area contributed by atoms with Gasteiger partial charge in [0.1, 0.15) is 0 Å². The van der Waals surface area contributed by atoms with Crippen LogP contribution in [0.1, 0.15) is 41.6 Å². The number of hydrogen-bond donors (Lipinski definition) is 1. The van der Waals surface area contributed by atoms with Gasteiger partial charge in [0.15, 0.2) is 11.5 Å². The van der Waals surface area contributed by atoms with Gasteiger partial charge in [0.2, 0.25) is 11.8 Å². The van der Waals surface area contributed by atoms with E-state index in [0.717, 1.165) is 16.7 Å². The maximum absolute atomic E-state index is 13.9. The number of carbonyl (C=O) groups is 2. The molecule has 4 atom stereocenters. The van der Waals surface area contributed by atoms with Crippen LogP contribution in [0.15, 0.2) is 65.9 Å². The van der Waals surface area contributed by atoms with Crippen LogP contribution in [-0.4, -0.2) is 55.4 Å². The van der Waals surface area contributed by atoms with Crippen molar-refractivity contribution in [2.24, 2.45) is 17.8 Å². The van der Waals surface area contributed by atoms with E-state index in [4.69, 9.17) is 14.2 Å². The van der Waals surface area contributed by atoms with Gasteiger partial charge in [-0.2, -0.15) is 26.3 Å². The largest absolute Gasteiger partial charge is 0.504 e. The van der Waals surface area contributed by atoms with Crippen molar-refractivity contribution < 1.29 is 55.2 Å². The number of phenols is 1. The summed E-state index contributed by atoms with van der Waals surface area (Å²) in [6, 6.07) is 9.72. The van der Waals surface area contributed by atoms with Crippen LogP contribution >= 0.6 is 22.6 Å². The SMILES string of the molecule is COCC1=C2[C@@H](CC/C(=C/c3cc(I)c(O)c(OC)c3)c3ccccn3)OC[C@@H]2[C@@H]2C(=O)N(c3cc(C(F)(F)F)cc(C(F)(F)F)c3)C(=O)[C@@H]2C1. The van der Waals surface area contributed by atoms with Gasteiger partial charge in [-0.15, -0.1) is 0 Å². The van der Waals surface area contributed by atoms with E-state index in [9.17, 15) is 41.0 Å². The molecule has 270 valence electrons. The fraction of sp³-hybridized carbons (Fsp3) is 0.361. The molecule has 15 heteroatoms. The normalized spacial score (nSPS) is 22.5. The molecule has 0 spiro atoms. The number of aromatic nitrogens is 1. The van der Waals surface area contributed by atoms with E-state index < -0.39 is 64.8 Å². The molecule has 8 nitrogen and oxygen atoms in total. The first-order valence-corrected chi connectivity index (χ1v) is 16.9. The number of alkyl halides is 6. The third kappa shape index (κ3) is 7.24. The first-order valence-electron chi connectivity index (χ1n) is 15.8. The zero-order valence-corrected chi connectivity index (χ0v) is 29.3. The number of fused-ring (bicyclic) bond motifs is 3. The Morgan fingerprint density at radius 3 is 2.33 bits per heavy atom. The highest BCUT2D eigenvalue weighted by atomic mass is 127. The number of carbonyl (C=O) groups excluding carboxylic acids is 2. The van der Waals surface area contributed by atoms with Gasteiger partial charge in [0.05, 0.1) is 64.3 Å². The van der Waals surface area contributed by atoms with Gasteiger partial charge in [0.25, 0.3) is 0 Å². The second-order valence-electron chi connectivity index (χ2n) is 12.5. The lowest BCUT2D eigenvalue weighted by atomic mass is 9.69. The Morgan fingerprint density at radius 2 is 1.73 bits per heavy atom. The number of pyridine rings is 1. The zero-order chi connectivity index (χ0) is 36.8. The van der Waals surface area contributed by atoms with Gasteiger partial charge >= 0.3 is 12.4 Å². The van der Waals surface area contributed by atoms with E-state index in [-0.39, 0.29) is 31.5 Å². The zero-order valence-electron chi connectivity index (χ0n) is 27.1. The van der Waals surface area contributed by atoms with Gasteiger partial charge in [-0.05, 0) is 113 Å². The summed E-state index contributed by atoms with van der Waals surface area (Å²) < 4.78 is 99.7. The Hall–Kier alpha value is -3.96. The molecule has 0 saturated carbocycles. The predicted octanol–water partition coefficient (Wildman–Crippen LogP) is 7.93. The van der Waals surface area contributed by atoms with Crippen molar-refractivity contribution in [3.63, 3.8) is 0 Å². The molecule has 2 saturated heterocycles. The highest BCUT2D eigenvalue weighted by molar-refractivity contribution is 14.1. The van der Waals surface area contributed by atoms with Crippen LogP contribution in [0.2, 0.25) is 0 Å². The minimum atomic E-state index is -5.16. The monoisotopic (exact) mass is 828 g/mol. The van der Waals surface area contributed by atoms with Gasteiger partial charge in [-0.3, -0.25) is 14.6 Å². The van der Waals surface area contributed by atoms with Gasteiger partial charge in [0, 0.05) is 19.2 Å². The fourth-order valence-electron chi connectivity index (χ4n) is 7.25. The molecular weight excluding hydrogens is 797 g/mol. The minimum absolute atomic E-state index is 0.0144. The molecule has 0 radical (unpaired) electrons. The van der Waals surface area contributed by atoms with E-state index in [1.807, 2.05) is 40.8 Å². The van der Waals surface area contributed by atoms with Gasteiger partial charge in [-0.25, -0.2) is 4.90 Å². The van der Waals surface area contributed by atoms with E-state index in [0.29, 0.717) is 50.5 Å². The van der Waals surface area contributed by atoms with Crippen molar-refractivity contribution in [2.45, 2.75) is 37.7 Å². The topological polar surface area (TPSA) is 98.2 Å². The van der Waals surface area contributed by atoms with Crippen LogP contribution in [0, 0.1) is 21.3 Å². The molecule has 0 unspecified atom stereocenters. The number of anilines is 1. The molecule has 3 heterocycles. The number of ether oxygens (including phenoxy) is 3. The summed E-state index contributed by atoms with van der Waals surface area (Å²) in [5.74, 6) is -4.12. The molecule has 0 bridgehead atoms. The number of phenolic OH excluding ortho intramolecular Hbond substituents is 1. The molecule has 2 aromatic carbocycles. The molecule has 2 amide bonds. The number of hydrogen-bond acceptors (Lipinski definition) is 7. The van der Waals surface area contributed by atoms with Crippen molar-refractivity contribution >= 4 is 51.7 Å². The van der Waals surface area contributed by atoms with Crippen LogP contribution in [0.25, 0.3) is 11.6 Å². The molecule has 51 heavy (non-hydrogen) atoms. The molecule has 1 N–H and O–H groups in total. The quantitative estimate of drug-likeness (QED) is 0.101. The minimum Gasteiger partial charge on any atom is -0.504 e. The maximum Gasteiger partial charge on any atom is 0.416 e. The standard InChI is InChI=1S/C36H31F6IN2O6/c1-49-16-20-12-24-31(34(48)45(33(24)47)23-14-21(35(37,38)39)13-22(15-23)36(40,41)42)25-17-51-28(30(20)25)7-6-19(27-5-3-4-8-44-27)9-18-10-26(43)32(46)29(11-18)50-2/h3-5,8-11,13-15,24-25,28,31,46H,6-7,12,16-17H2,1-2H3/b19-9-/t24-,25+,28-,31-/m1/s1. The third-order valence-corrected chi connectivity index (χ3v) is 10.3. The summed E-state index contributed by atoms with van der Waals surface area (Å²) in [5, 5.41) is 10.3. The maximum atomic E-state index is 13.9. The fourth-order valence-corrected chi connectivity index (χ4v) is 7.87. The molecule has 3 aromatic rings. The summed E-state index contributed by atoms with van der Waals surface area (Å²) in [5.41, 5.74) is -0.299. The van der Waals surface area contributed by atoms with Gasteiger partial charge in [-0.1, -0.05) is 6.07 Å². The van der Waals surface area contributed by atoms with Crippen molar-refractivity contribution in [2.75, 3.05) is 32.3 Å². The average molecular weight is 829 g/mol. The number of aromatic hydroxyl groups is 1. The summed E-state index contributed by atoms with van der Waals surface area (Å²) in [6.07, 6.45) is -6.37. The molecule has 2 fully saturated rings. The number of halogens is 7. The Balaban J connectivity index is 1.32. The Morgan fingerprint density at radius 1 is 1.02 bits per heavy atom. The molecule has 6 rings (SSSR count). The Kier molecular flexibility index (Phi) is 10.3. The molecule has 2 aliphatic heterocycles. The predicted molar refractivity (Wildman–Crippen MR) is 181 cm³/mol. The lowest BCUT2D eigenvalue weighted by Gasteiger charge is -2.31. The first-order chi connectivity index (χ1) is 24.1. The number of nitrogens with zero attached hydrogens (tertiary/aromatic N) is 2. The van der Waals surface area contributed by atoms with E-state index in [2.05, 4.69) is 4.98 Å². The second-order valence-corrected chi connectivity index (χ2v) is 13.7. The summed E-state index contributed by atoms with van der Waals surface area (Å²) in [7, 11) is 2.91. The van der Waals surface area contributed by atoms with E-state index in [1.54, 1.807) is 24.4 Å². The van der Waals surface area contributed by atoms with Crippen molar-refractivity contribution in [1.82, 2.24) is 4.98 Å². The van der Waals surface area contributed by atoms with E-state index in [1.165, 1.54) is 14.2 Å². The average Bonchev–Trinajstić information content (AvgIpc) is 3.61.